The first-order chi connectivity index (χ1) is 11.4. The molecule has 0 aliphatic carbocycles. The third-order valence-electron chi connectivity index (χ3n) is 3.77. The van der Waals surface area contributed by atoms with Gasteiger partial charge in [0.25, 0.3) is 0 Å². The van der Waals surface area contributed by atoms with Crippen LogP contribution in [0.3, 0.4) is 0 Å². The van der Waals surface area contributed by atoms with Crippen LogP contribution < -0.4 is 5.32 Å². The molecule has 0 aliphatic heterocycles. The molecule has 2 rings (SSSR count). The summed E-state index contributed by atoms with van der Waals surface area (Å²) in [5, 5.41) is 7.38. The molecule has 2 aromatic heterocycles. The van der Waals surface area contributed by atoms with Gasteiger partial charge in [-0.3, -0.25) is 9.48 Å². The topological polar surface area (TPSA) is 73.0 Å². The van der Waals surface area contributed by atoms with Gasteiger partial charge in [0.15, 0.2) is 5.89 Å². The lowest BCUT2D eigenvalue weighted by Gasteiger charge is -2.15. The van der Waals surface area contributed by atoms with Crippen LogP contribution in [0, 0.1) is 5.41 Å². The standard InChI is InChI=1S/C19H30N4O2/c1-18(2,3)11-13-10-15(23(7)22-13)21-16(24)8-9-17-20-12-14(25-17)19(4,5)6/h10,12H,8-9,11H2,1-7H3,(H,21,24). The van der Waals surface area contributed by atoms with E-state index in [1.54, 1.807) is 10.9 Å². The number of aryl methyl sites for hydroxylation is 2. The van der Waals surface area contributed by atoms with Crippen LogP contribution >= 0.6 is 0 Å². The second-order valence-electron chi connectivity index (χ2n) is 8.80. The summed E-state index contributed by atoms with van der Waals surface area (Å²) in [6.45, 7) is 12.7. The van der Waals surface area contributed by atoms with Crippen molar-refractivity contribution in [3.05, 3.63) is 29.6 Å². The minimum Gasteiger partial charge on any atom is -0.445 e. The third-order valence-corrected chi connectivity index (χ3v) is 3.77. The predicted molar refractivity (Wildman–Crippen MR) is 98.5 cm³/mol. The molecule has 0 saturated heterocycles. The van der Waals surface area contributed by atoms with Crippen molar-refractivity contribution in [2.75, 3.05) is 5.32 Å². The maximum atomic E-state index is 12.2. The number of nitrogens with zero attached hydrogens (tertiary/aromatic N) is 3. The molecule has 0 aromatic carbocycles. The highest BCUT2D eigenvalue weighted by Crippen LogP contribution is 2.23. The Morgan fingerprint density at radius 2 is 1.92 bits per heavy atom. The van der Waals surface area contributed by atoms with Gasteiger partial charge in [0, 0.05) is 31.4 Å². The largest absolute Gasteiger partial charge is 0.445 e. The Hall–Kier alpha value is -2.11. The maximum Gasteiger partial charge on any atom is 0.226 e. The number of anilines is 1. The minimum atomic E-state index is -0.0777. The van der Waals surface area contributed by atoms with Crippen molar-refractivity contribution in [1.29, 1.82) is 0 Å². The van der Waals surface area contributed by atoms with Crippen molar-refractivity contribution in [1.82, 2.24) is 14.8 Å². The summed E-state index contributed by atoms with van der Waals surface area (Å²) in [6, 6.07) is 1.94. The highest BCUT2D eigenvalue weighted by Gasteiger charge is 2.20. The summed E-state index contributed by atoms with van der Waals surface area (Å²) in [5.74, 6) is 2.08. The number of oxazole rings is 1. The molecule has 25 heavy (non-hydrogen) atoms. The van der Waals surface area contributed by atoms with Crippen molar-refractivity contribution in [3.8, 4) is 0 Å². The average molecular weight is 346 g/mol. The molecule has 6 nitrogen and oxygen atoms in total. The van der Waals surface area contributed by atoms with Crippen molar-refractivity contribution >= 4 is 11.7 Å². The number of aromatic nitrogens is 3. The molecule has 0 aliphatic rings. The van der Waals surface area contributed by atoms with E-state index in [4.69, 9.17) is 4.42 Å². The summed E-state index contributed by atoms with van der Waals surface area (Å²) in [4.78, 5) is 16.5. The molecule has 1 amide bonds. The summed E-state index contributed by atoms with van der Waals surface area (Å²) in [7, 11) is 1.84. The van der Waals surface area contributed by atoms with Crippen molar-refractivity contribution in [3.63, 3.8) is 0 Å². The van der Waals surface area contributed by atoms with Gasteiger partial charge in [-0.1, -0.05) is 41.5 Å². The number of carbonyl (C=O) groups excluding carboxylic acids is 1. The molecule has 0 fully saturated rings. The Balaban J connectivity index is 1.91. The van der Waals surface area contributed by atoms with E-state index in [-0.39, 0.29) is 16.7 Å². The van der Waals surface area contributed by atoms with Crippen LogP contribution in [0.1, 0.15) is 65.3 Å². The summed E-state index contributed by atoms with van der Waals surface area (Å²) in [5.41, 5.74) is 1.06. The molecular weight excluding hydrogens is 316 g/mol. The van der Waals surface area contributed by atoms with Gasteiger partial charge in [0.2, 0.25) is 5.91 Å². The van der Waals surface area contributed by atoms with E-state index >= 15 is 0 Å². The fourth-order valence-electron chi connectivity index (χ4n) is 2.47. The van der Waals surface area contributed by atoms with Gasteiger partial charge in [-0.25, -0.2) is 4.98 Å². The molecule has 0 bridgehead atoms. The molecule has 0 radical (unpaired) electrons. The summed E-state index contributed by atoms with van der Waals surface area (Å²) < 4.78 is 7.43. The zero-order valence-corrected chi connectivity index (χ0v) is 16.4. The Labute approximate surface area is 150 Å². The molecule has 138 valence electrons. The zero-order valence-electron chi connectivity index (χ0n) is 16.4. The SMILES string of the molecule is Cn1nc(CC(C)(C)C)cc1NC(=O)CCc1ncc(C(C)(C)C)o1. The van der Waals surface area contributed by atoms with Gasteiger partial charge >= 0.3 is 0 Å². The van der Waals surface area contributed by atoms with Gasteiger partial charge in [0.1, 0.15) is 11.6 Å². The molecular formula is C19H30N4O2. The fraction of sp³-hybridized carbons (Fsp3) is 0.632. The molecule has 1 N–H and O–H groups in total. The van der Waals surface area contributed by atoms with Crippen LogP contribution in [0.2, 0.25) is 0 Å². The van der Waals surface area contributed by atoms with E-state index < -0.39 is 0 Å². The second-order valence-corrected chi connectivity index (χ2v) is 8.80. The van der Waals surface area contributed by atoms with E-state index in [1.807, 2.05) is 13.1 Å². The predicted octanol–water partition coefficient (Wildman–Crippen LogP) is 3.87. The number of carbonyl (C=O) groups is 1. The Bertz CT molecular complexity index is 729. The molecule has 0 atom stereocenters. The van der Waals surface area contributed by atoms with E-state index in [1.165, 1.54) is 0 Å². The molecule has 2 aromatic rings. The van der Waals surface area contributed by atoms with Crippen LogP contribution in [-0.4, -0.2) is 20.7 Å². The summed E-state index contributed by atoms with van der Waals surface area (Å²) >= 11 is 0. The minimum absolute atomic E-state index is 0.0687. The number of rotatable bonds is 5. The highest BCUT2D eigenvalue weighted by molar-refractivity contribution is 5.89. The lowest BCUT2D eigenvalue weighted by molar-refractivity contribution is -0.116. The highest BCUT2D eigenvalue weighted by atomic mass is 16.4. The van der Waals surface area contributed by atoms with Crippen LogP contribution in [0.4, 0.5) is 5.82 Å². The van der Waals surface area contributed by atoms with Crippen molar-refractivity contribution in [2.45, 2.75) is 66.2 Å². The monoisotopic (exact) mass is 346 g/mol. The molecule has 0 saturated carbocycles. The fourth-order valence-corrected chi connectivity index (χ4v) is 2.47. The second kappa shape index (κ2) is 7.02. The summed E-state index contributed by atoms with van der Waals surface area (Å²) in [6.07, 6.45) is 3.41. The lowest BCUT2D eigenvalue weighted by Crippen LogP contribution is -2.15. The van der Waals surface area contributed by atoms with Gasteiger partial charge in [-0.05, 0) is 11.8 Å². The maximum absolute atomic E-state index is 12.2. The van der Waals surface area contributed by atoms with E-state index in [0.29, 0.717) is 24.6 Å². The van der Waals surface area contributed by atoms with E-state index in [2.05, 4.69) is 56.9 Å². The van der Waals surface area contributed by atoms with Gasteiger partial charge in [-0.15, -0.1) is 0 Å². The van der Waals surface area contributed by atoms with Crippen LogP contribution in [0.25, 0.3) is 0 Å². The Kier molecular flexibility index (Phi) is 5.40. The van der Waals surface area contributed by atoms with E-state index in [0.717, 1.165) is 17.9 Å². The number of amides is 1. The van der Waals surface area contributed by atoms with Crippen molar-refractivity contribution < 1.29 is 9.21 Å². The first kappa shape index (κ1) is 19.2. The zero-order chi connectivity index (χ0) is 18.8. The Morgan fingerprint density at radius 3 is 2.48 bits per heavy atom. The van der Waals surface area contributed by atoms with Crippen LogP contribution in [0.5, 0.6) is 0 Å². The average Bonchev–Trinajstić information content (AvgIpc) is 3.02. The van der Waals surface area contributed by atoms with E-state index in [9.17, 15) is 4.79 Å². The van der Waals surface area contributed by atoms with Gasteiger partial charge in [0.05, 0.1) is 11.9 Å². The number of nitrogens with one attached hydrogen (secondary N) is 1. The third kappa shape index (κ3) is 5.73. The smallest absolute Gasteiger partial charge is 0.226 e. The van der Waals surface area contributed by atoms with Gasteiger partial charge < -0.3 is 9.73 Å². The molecule has 6 heteroatoms. The Morgan fingerprint density at radius 1 is 1.24 bits per heavy atom. The van der Waals surface area contributed by atoms with Crippen LogP contribution in [0.15, 0.2) is 16.7 Å². The first-order valence-corrected chi connectivity index (χ1v) is 8.72. The van der Waals surface area contributed by atoms with Crippen LogP contribution in [-0.2, 0) is 30.1 Å². The molecule has 2 heterocycles. The normalized spacial score (nSPS) is 12.4. The number of hydrogen-bond acceptors (Lipinski definition) is 4. The lowest BCUT2D eigenvalue weighted by atomic mass is 9.91. The van der Waals surface area contributed by atoms with Gasteiger partial charge in [-0.2, -0.15) is 5.10 Å². The molecule has 0 unspecified atom stereocenters. The first-order valence-electron chi connectivity index (χ1n) is 8.72. The number of hydrogen-bond donors (Lipinski definition) is 1. The quantitative estimate of drug-likeness (QED) is 0.892. The molecule has 0 spiro atoms. The van der Waals surface area contributed by atoms with Crippen molar-refractivity contribution in [2.24, 2.45) is 12.5 Å².